The second kappa shape index (κ2) is 4.04. The zero-order chi connectivity index (χ0) is 9.07. The molecule has 0 spiro atoms. The van der Waals surface area contributed by atoms with Gasteiger partial charge in [0.1, 0.15) is 6.23 Å². The summed E-state index contributed by atoms with van der Waals surface area (Å²) in [7, 11) is -3.39. The molecule has 0 aliphatic rings. The Labute approximate surface area is 67.9 Å². The molecule has 1 unspecified atom stereocenters. The molecule has 0 radical (unpaired) electrons. The van der Waals surface area contributed by atoms with Crippen LogP contribution in [0.15, 0.2) is 0 Å². The molecule has 0 aromatic carbocycles. The van der Waals surface area contributed by atoms with Crippen LogP contribution in [-0.2, 0) is 14.3 Å². The molecule has 4 nitrogen and oxygen atoms in total. The Hall–Kier alpha value is -0.130. The van der Waals surface area contributed by atoms with Crippen LogP contribution in [0.5, 0.6) is 0 Å². The van der Waals surface area contributed by atoms with E-state index in [2.05, 4.69) is 4.18 Å². The van der Waals surface area contributed by atoms with E-state index in [0.717, 1.165) is 6.26 Å². The molecule has 0 aliphatic carbocycles. The normalized spacial score (nSPS) is 15.4. The fraction of sp³-hybridized carbons (Fsp3) is 1.00. The first-order chi connectivity index (χ1) is 4.81. The molecular weight excluding hydrogens is 166 g/mol. The van der Waals surface area contributed by atoms with Crippen LogP contribution in [0.2, 0.25) is 0 Å². The average molecular weight is 181 g/mol. The highest BCUT2D eigenvalue weighted by atomic mass is 32.2. The van der Waals surface area contributed by atoms with Gasteiger partial charge in [-0.1, -0.05) is 13.8 Å². The first kappa shape index (κ1) is 10.9. The number of hydrogen-bond donors (Lipinski definition) is 1. The van der Waals surface area contributed by atoms with Crippen LogP contribution in [0.4, 0.5) is 0 Å². The molecule has 11 heavy (non-hydrogen) atoms. The fourth-order valence-electron chi connectivity index (χ4n) is 0.728. The van der Waals surface area contributed by atoms with Gasteiger partial charge in [0.05, 0.1) is 6.26 Å². The predicted molar refractivity (Wildman–Crippen MR) is 43.4 cm³/mol. The third-order valence-electron chi connectivity index (χ3n) is 1.00. The van der Waals surface area contributed by atoms with Gasteiger partial charge in [-0.3, -0.25) is 4.18 Å². The molecule has 0 amide bonds. The van der Waals surface area contributed by atoms with Gasteiger partial charge in [-0.05, 0) is 12.3 Å². The SMILES string of the molecule is CC(C)CC(N)OS(C)(=O)=O. The summed E-state index contributed by atoms with van der Waals surface area (Å²) in [6.07, 6.45) is 0.838. The van der Waals surface area contributed by atoms with Crippen molar-refractivity contribution in [2.45, 2.75) is 26.5 Å². The molecule has 0 fully saturated rings. The monoisotopic (exact) mass is 181 g/mol. The molecule has 0 aromatic rings. The van der Waals surface area contributed by atoms with Gasteiger partial charge < -0.3 is 5.73 Å². The molecule has 0 saturated carbocycles. The van der Waals surface area contributed by atoms with Gasteiger partial charge in [-0.15, -0.1) is 0 Å². The van der Waals surface area contributed by atoms with Gasteiger partial charge in [0.2, 0.25) is 0 Å². The lowest BCUT2D eigenvalue weighted by Gasteiger charge is -2.12. The number of nitrogens with two attached hydrogens (primary N) is 1. The van der Waals surface area contributed by atoms with Crippen LogP contribution in [0, 0.1) is 5.92 Å². The van der Waals surface area contributed by atoms with Gasteiger partial charge in [0.15, 0.2) is 0 Å². The first-order valence-corrected chi connectivity index (χ1v) is 5.26. The summed E-state index contributed by atoms with van der Waals surface area (Å²) in [6, 6.07) is 0. The highest BCUT2D eigenvalue weighted by Crippen LogP contribution is 2.05. The Bertz CT molecular complexity index is 198. The van der Waals surface area contributed by atoms with Gasteiger partial charge >= 0.3 is 0 Å². The highest BCUT2D eigenvalue weighted by Gasteiger charge is 2.11. The Balaban J connectivity index is 3.80. The van der Waals surface area contributed by atoms with E-state index in [9.17, 15) is 8.42 Å². The maximum absolute atomic E-state index is 10.5. The Morgan fingerprint density at radius 1 is 1.45 bits per heavy atom. The summed E-state index contributed by atoms with van der Waals surface area (Å²) in [4.78, 5) is 0. The molecule has 0 bridgehead atoms. The standard InChI is InChI=1S/C6H15NO3S/c1-5(2)4-6(7)10-11(3,8)9/h5-6H,4,7H2,1-3H3. The van der Waals surface area contributed by atoms with Gasteiger partial charge in [-0.2, -0.15) is 8.42 Å². The topological polar surface area (TPSA) is 69.4 Å². The number of rotatable bonds is 4. The fourth-order valence-corrected chi connectivity index (χ4v) is 1.26. The molecular formula is C6H15NO3S. The molecule has 0 rings (SSSR count). The van der Waals surface area contributed by atoms with Crippen LogP contribution < -0.4 is 5.73 Å². The number of hydrogen-bond acceptors (Lipinski definition) is 4. The minimum Gasteiger partial charge on any atom is -0.305 e. The zero-order valence-corrected chi connectivity index (χ0v) is 7.89. The van der Waals surface area contributed by atoms with E-state index in [1.165, 1.54) is 0 Å². The minimum absolute atomic E-state index is 0.340. The van der Waals surface area contributed by atoms with Crippen molar-refractivity contribution in [3.63, 3.8) is 0 Å². The molecule has 1 atom stereocenters. The molecule has 0 heterocycles. The first-order valence-electron chi connectivity index (χ1n) is 3.45. The summed E-state index contributed by atoms with van der Waals surface area (Å²) >= 11 is 0. The zero-order valence-electron chi connectivity index (χ0n) is 7.07. The summed E-state index contributed by atoms with van der Waals surface area (Å²) in [5, 5.41) is 0. The smallest absolute Gasteiger partial charge is 0.265 e. The van der Waals surface area contributed by atoms with E-state index >= 15 is 0 Å². The Kier molecular flexibility index (Phi) is 3.99. The van der Waals surface area contributed by atoms with Crippen molar-refractivity contribution in [2.75, 3.05) is 6.26 Å². The van der Waals surface area contributed by atoms with E-state index in [0.29, 0.717) is 12.3 Å². The lowest BCUT2D eigenvalue weighted by molar-refractivity contribution is 0.191. The largest absolute Gasteiger partial charge is 0.305 e. The Morgan fingerprint density at radius 2 is 1.91 bits per heavy atom. The second-order valence-electron chi connectivity index (χ2n) is 2.97. The lowest BCUT2D eigenvalue weighted by Crippen LogP contribution is -2.28. The Morgan fingerprint density at radius 3 is 2.18 bits per heavy atom. The summed E-state index contributed by atoms with van der Waals surface area (Å²) < 4.78 is 25.5. The summed E-state index contributed by atoms with van der Waals surface area (Å²) in [6.45, 7) is 3.90. The van der Waals surface area contributed by atoms with Gasteiger partial charge in [0.25, 0.3) is 10.1 Å². The minimum atomic E-state index is -3.39. The van der Waals surface area contributed by atoms with E-state index in [4.69, 9.17) is 5.73 Å². The second-order valence-corrected chi connectivity index (χ2v) is 4.57. The van der Waals surface area contributed by atoms with Gasteiger partial charge in [-0.25, -0.2) is 0 Å². The van der Waals surface area contributed by atoms with Crippen LogP contribution >= 0.6 is 0 Å². The van der Waals surface area contributed by atoms with Crippen molar-refractivity contribution in [2.24, 2.45) is 11.7 Å². The quantitative estimate of drug-likeness (QED) is 0.500. The maximum atomic E-state index is 10.5. The molecule has 0 aromatic heterocycles. The molecule has 68 valence electrons. The van der Waals surface area contributed by atoms with Crippen LogP contribution in [0.1, 0.15) is 20.3 Å². The third-order valence-corrected chi connectivity index (χ3v) is 1.60. The van der Waals surface area contributed by atoms with Crippen LogP contribution in [0.25, 0.3) is 0 Å². The lowest BCUT2D eigenvalue weighted by atomic mass is 10.1. The predicted octanol–water partition coefficient (Wildman–Crippen LogP) is 0.294. The van der Waals surface area contributed by atoms with Crippen molar-refractivity contribution in [1.29, 1.82) is 0 Å². The van der Waals surface area contributed by atoms with Crippen molar-refractivity contribution in [3.8, 4) is 0 Å². The molecule has 2 N–H and O–H groups in total. The van der Waals surface area contributed by atoms with Crippen LogP contribution in [0.3, 0.4) is 0 Å². The van der Waals surface area contributed by atoms with Gasteiger partial charge in [0, 0.05) is 0 Å². The molecule has 0 aliphatic heterocycles. The summed E-state index contributed by atoms with van der Waals surface area (Å²) in [5.74, 6) is 0.340. The van der Waals surface area contributed by atoms with E-state index in [1.54, 1.807) is 0 Å². The van der Waals surface area contributed by atoms with Crippen molar-refractivity contribution in [3.05, 3.63) is 0 Å². The highest BCUT2D eigenvalue weighted by molar-refractivity contribution is 7.86. The van der Waals surface area contributed by atoms with E-state index in [-0.39, 0.29) is 0 Å². The van der Waals surface area contributed by atoms with E-state index in [1.807, 2.05) is 13.8 Å². The molecule has 5 heteroatoms. The van der Waals surface area contributed by atoms with Crippen LogP contribution in [-0.4, -0.2) is 20.9 Å². The van der Waals surface area contributed by atoms with Crippen molar-refractivity contribution < 1.29 is 12.6 Å². The van der Waals surface area contributed by atoms with Crippen molar-refractivity contribution >= 4 is 10.1 Å². The van der Waals surface area contributed by atoms with Crippen molar-refractivity contribution in [1.82, 2.24) is 0 Å². The third kappa shape index (κ3) is 7.77. The van der Waals surface area contributed by atoms with E-state index < -0.39 is 16.3 Å². The average Bonchev–Trinajstić information content (AvgIpc) is 1.53. The molecule has 0 saturated heterocycles. The summed E-state index contributed by atoms with van der Waals surface area (Å²) in [5.41, 5.74) is 5.36. The maximum Gasteiger partial charge on any atom is 0.265 e.